The number of para-hydroxylation sites is 3. The molecule has 3 rings (SSSR count). The summed E-state index contributed by atoms with van der Waals surface area (Å²) in [6.07, 6.45) is 4.52. The molecular formula is C34H48O7Si. The average Bonchev–Trinajstić information content (AvgIpc) is 3.01. The molecule has 0 bridgehead atoms. The fraction of sp³-hybridized carbons (Fsp3) is 0.471. The molecule has 0 saturated carbocycles. The van der Waals surface area contributed by atoms with Gasteiger partial charge in [-0.3, -0.25) is 0 Å². The zero-order valence-corrected chi connectivity index (χ0v) is 26.5. The van der Waals surface area contributed by atoms with E-state index in [0.717, 1.165) is 29.6 Å². The molecule has 1 unspecified atom stereocenters. The first-order valence-corrected chi connectivity index (χ1v) is 16.8. The summed E-state index contributed by atoms with van der Waals surface area (Å²) in [4.78, 5) is 0. The summed E-state index contributed by atoms with van der Waals surface area (Å²) < 4.78 is 42.8. The van der Waals surface area contributed by atoms with E-state index in [0.29, 0.717) is 32.3 Å². The van der Waals surface area contributed by atoms with Crippen molar-refractivity contribution in [3.63, 3.8) is 0 Å². The van der Waals surface area contributed by atoms with E-state index in [1.165, 1.54) is 19.3 Å². The van der Waals surface area contributed by atoms with Crippen molar-refractivity contribution < 1.29 is 31.9 Å². The highest BCUT2D eigenvalue weighted by Crippen LogP contribution is 2.19. The summed E-state index contributed by atoms with van der Waals surface area (Å²) in [7, 11) is -3.57. The van der Waals surface area contributed by atoms with E-state index in [2.05, 4.69) is 20.8 Å². The Balaban J connectivity index is 1.60. The van der Waals surface area contributed by atoms with Gasteiger partial charge >= 0.3 is 9.05 Å². The van der Waals surface area contributed by atoms with Crippen LogP contribution in [-0.4, -0.2) is 55.3 Å². The standard InChI is InChI=1S/C34H48O7Si/c1-30(2)14-13-15-31(3)22-23-38-42(39-27-24-35-32-16-7-4-8-17-32,40-28-25-36-33-18-9-5-10-19-33)41-29-26-37-34-20-11-6-12-21-34/h4-12,16-21,30-31H,13-15,22-29H2,1-3H3. The molecule has 0 amide bonds. The van der Waals surface area contributed by atoms with Gasteiger partial charge in [0.2, 0.25) is 0 Å². The smallest absolute Gasteiger partial charge is 0.491 e. The Hall–Kier alpha value is -2.88. The molecule has 0 fully saturated rings. The maximum Gasteiger partial charge on any atom is 0.680 e. The number of ether oxygens (including phenoxy) is 3. The topological polar surface area (TPSA) is 64.6 Å². The van der Waals surface area contributed by atoms with E-state index in [4.69, 9.17) is 31.9 Å². The van der Waals surface area contributed by atoms with Crippen LogP contribution in [0.15, 0.2) is 91.0 Å². The van der Waals surface area contributed by atoms with Gasteiger partial charge < -0.3 is 31.9 Å². The third-order valence-electron chi connectivity index (χ3n) is 6.49. The van der Waals surface area contributed by atoms with Crippen molar-refractivity contribution in [1.82, 2.24) is 0 Å². The summed E-state index contributed by atoms with van der Waals surface area (Å²) in [5, 5.41) is 0. The van der Waals surface area contributed by atoms with Gasteiger partial charge in [0, 0.05) is 6.61 Å². The Morgan fingerprint density at radius 1 is 0.452 bits per heavy atom. The summed E-state index contributed by atoms with van der Waals surface area (Å²) in [6, 6.07) is 29.0. The Kier molecular flexibility index (Phi) is 16.1. The number of hydrogen-bond donors (Lipinski definition) is 0. The molecule has 0 N–H and O–H groups in total. The van der Waals surface area contributed by atoms with E-state index in [-0.39, 0.29) is 19.8 Å². The van der Waals surface area contributed by atoms with E-state index in [1.807, 2.05) is 91.0 Å². The summed E-state index contributed by atoms with van der Waals surface area (Å²) in [6.45, 7) is 9.05. The molecule has 7 nitrogen and oxygen atoms in total. The molecule has 0 saturated heterocycles. The van der Waals surface area contributed by atoms with Crippen molar-refractivity contribution >= 4 is 9.05 Å². The molecule has 0 aliphatic rings. The molecule has 0 spiro atoms. The van der Waals surface area contributed by atoms with Crippen LogP contribution < -0.4 is 14.2 Å². The molecule has 8 heteroatoms. The summed E-state index contributed by atoms with van der Waals surface area (Å²) >= 11 is 0. The van der Waals surface area contributed by atoms with Crippen LogP contribution in [0.2, 0.25) is 0 Å². The van der Waals surface area contributed by atoms with Gasteiger partial charge in [-0.05, 0) is 54.7 Å². The Labute approximate surface area is 253 Å². The largest absolute Gasteiger partial charge is 0.680 e. The molecule has 42 heavy (non-hydrogen) atoms. The third kappa shape index (κ3) is 14.3. The van der Waals surface area contributed by atoms with Gasteiger partial charge in [0.1, 0.15) is 37.1 Å². The van der Waals surface area contributed by atoms with Crippen LogP contribution in [-0.2, 0) is 17.7 Å². The Morgan fingerprint density at radius 2 is 0.833 bits per heavy atom. The Morgan fingerprint density at radius 3 is 1.21 bits per heavy atom. The minimum Gasteiger partial charge on any atom is -0.491 e. The molecular weight excluding hydrogens is 548 g/mol. The maximum atomic E-state index is 6.39. The van der Waals surface area contributed by atoms with E-state index >= 15 is 0 Å². The van der Waals surface area contributed by atoms with Gasteiger partial charge in [0.25, 0.3) is 0 Å². The highest BCUT2D eigenvalue weighted by molar-refractivity contribution is 6.53. The summed E-state index contributed by atoms with van der Waals surface area (Å²) in [5.41, 5.74) is 0. The van der Waals surface area contributed by atoms with Crippen molar-refractivity contribution in [2.75, 3.05) is 46.2 Å². The fourth-order valence-corrected chi connectivity index (χ4v) is 6.05. The normalized spacial score (nSPS) is 12.3. The Bertz CT molecular complexity index is 938. The second kappa shape index (κ2) is 20.1. The minimum atomic E-state index is -3.57. The van der Waals surface area contributed by atoms with E-state index in [9.17, 15) is 0 Å². The molecule has 0 aromatic heterocycles. The molecule has 1 atom stereocenters. The van der Waals surface area contributed by atoms with Crippen LogP contribution in [0.5, 0.6) is 17.2 Å². The number of rotatable bonds is 23. The first kappa shape index (κ1) is 33.6. The van der Waals surface area contributed by atoms with Gasteiger partial charge in [-0.1, -0.05) is 94.6 Å². The van der Waals surface area contributed by atoms with Crippen LogP contribution in [0.4, 0.5) is 0 Å². The lowest BCUT2D eigenvalue weighted by molar-refractivity contribution is -0.0486. The second-order valence-corrected chi connectivity index (χ2v) is 12.8. The van der Waals surface area contributed by atoms with Gasteiger partial charge in [0.15, 0.2) is 0 Å². The maximum absolute atomic E-state index is 6.39. The molecule has 0 aliphatic heterocycles. The molecule has 0 aliphatic carbocycles. The molecule has 0 heterocycles. The fourth-order valence-electron chi connectivity index (χ4n) is 4.18. The van der Waals surface area contributed by atoms with Crippen molar-refractivity contribution in [3.8, 4) is 17.2 Å². The lowest BCUT2D eigenvalue weighted by Gasteiger charge is -2.29. The van der Waals surface area contributed by atoms with Crippen LogP contribution >= 0.6 is 0 Å². The second-order valence-electron chi connectivity index (χ2n) is 10.6. The van der Waals surface area contributed by atoms with Crippen LogP contribution in [0.25, 0.3) is 0 Å². The number of benzene rings is 3. The van der Waals surface area contributed by atoms with Gasteiger partial charge in [0.05, 0.1) is 19.8 Å². The monoisotopic (exact) mass is 596 g/mol. The predicted molar refractivity (Wildman–Crippen MR) is 168 cm³/mol. The lowest BCUT2D eigenvalue weighted by atomic mass is 9.98. The van der Waals surface area contributed by atoms with Gasteiger partial charge in [-0.2, -0.15) is 0 Å². The van der Waals surface area contributed by atoms with Crippen LogP contribution in [0.1, 0.15) is 46.5 Å². The molecule has 230 valence electrons. The quantitative estimate of drug-likeness (QED) is 0.0826. The van der Waals surface area contributed by atoms with Crippen LogP contribution in [0.3, 0.4) is 0 Å². The molecule has 3 aromatic carbocycles. The molecule has 3 aromatic rings. The minimum absolute atomic E-state index is 0.254. The van der Waals surface area contributed by atoms with Crippen molar-refractivity contribution in [3.05, 3.63) is 91.0 Å². The molecule has 0 radical (unpaired) electrons. The van der Waals surface area contributed by atoms with Crippen molar-refractivity contribution in [1.29, 1.82) is 0 Å². The third-order valence-corrected chi connectivity index (χ3v) is 8.72. The number of hydrogen-bond acceptors (Lipinski definition) is 7. The van der Waals surface area contributed by atoms with Crippen molar-refractivity contribution in [2.45, 2.75) is 46.5 Å². The SMILES string of the molecule is CC(C)CCCC(C)CCO[Si](OCCOc1ccccc1)(OCCOc1ccccc1)OCCOc1ccccc1. The predicted octanol–water partition coefficient (Wildman–Crippen LogP) is 7.58. The van der Waals surface area contributed by atoms with Crippen molar-refractivity contribution in [2.24, 2.45) is 11.8 Å². The summed E-state index contributed by atoms with van der Waals surface area (Å²) in [5.74, 6) is 3.58. The van der Waals surface area contributed by atoms with Gasteiger partial charge in [-0.25, -0.2) is 0 Å². The van der Waals surface area contributed by atoms with Crippen LogP contribution in [0, 0.1) is 11.8 Å². The zero-order valence-electron chi connectivity index (χ0n) is 25.5. The average molecular weight is 597 g/mol. The van der Waals surface area contributed by atoms with E-state index in [1.54, 1.807) is 0 Å². The lowest BCUT2D eigenvalue weighted by Crippen LogP contribution is -2.51. The van der Waals surface area contributed by atoms with E-state index < -0.39 is 9.05 Å². The first-order chi connectivity index (χ1) is 20.5. The highest BCUT2D eigenvalue weighted by Gasteiger charge is 2.46. The first-order valence-electron chi connectivity index (χ1n) is 15.1. The van der Waals surface area contributed by atoms with Gasteiger partial charge in [-0.15, -0.1) is 0 Å². The highest BCUT2D eigenvalue weighted by atomic mass is 28.4. The zero-order chi connectivity index (χ0) is 29.7.